The van der Waals surface area contributed by atoms with E-state index in [-0.39, 0.29) is 6.10 Å². The molecule has 16 heavy (non-hydrogen) atoms. The van der Waals surface area contributed by atoms with Gasteiger partial charge in [0.1, 0.15) is 0 Å². The summed E-state index contributed by atoms with van der Waals surface area (Å²) in [6.45, 7) is 2.18. The third kappa shape index (κ3) is 5.72. The summed E-state index contributed by atoms with van der Waals surface area (Å²) in [7, 11) is 0. The Morgan fingerprint density at radius 3 is 2.69 bits per heavy atom. The van der Waals surface area contributed by atoms with Crippen molar-refractivity contribution in [2.45, 2.75) is 45.1 Å². The maximum Gasteiger partial charge on any atom is 0.0724 e. The molecule has 0 amide bonds. The summed E-state index contributed by atoms with van der Waals surface area (Å²) < 4.78 is 0. The van der Waals surface area contributed by atoms with Crippen LogP contribution in [0.5, 0.6) is 0 Å². The lowest BCUT2D eigenvalue weighted by Gasteiger charge is -2.05. The first-order valence-corrected chi connectivity index (χ1v) is 6.21. The Morgan fingerprint density at radius 2 is 2.00 bits per heavy atom. The average Bonchev–Trinajstić information content (AvgIpc) is 2.33. The van der Waals surface area contributed by atoms with Crippen molar-refractivity contribution in [3.8, 4) is 0 Å². The zero-order valence-electron chi connectivity index (χ0n) is 10.1. The lowest BCUT2D eigenvalue weighted by molar-refractivity contribution is 0.212. The highest BCUT2D eigenvalue weighted by Crippen LogP contribution is 2.06. The predicted molar refractivity (Wildman–Crippen MR) is 69.4 cm³/mol. The summed E-state index contributed by atoms with van der Waals surface area (Å²) >= 11 is 0. The average molecular weight is 218 g/mol. The van der Waals surface area contributed by atoms with Gasteiger partial charge in [0.2, 0.25) is 0 Å². The zero-order valence-corrected chi connectivity index (χ0v) is 10.1. The predicted octanol–water partition coefficient (Wildman–Crippen LogP) is 3.73. The largest absolute Gasteiger partial charge is 0.389 e. The molecule has 0 aromatic heterocycles. The molecule has 88 valence electrons. The van der Waals surface area contributed by atoms with Gasteiger partial charge in [0, 0.05) is 0 Å². The van der Waals surface area contributed by atoms with Crippen LogP contribution in [0, 0.1) is 0 Å². The topological polar surface area (TPSA) is 20.2 Å². The van der Waals surface area contributed by atoms with Crippen LogP contribution in [-0.4, -0.2) is 11.2 Å². The summed E-state index contributed by atoms with van der Waals surface area (Å²) in [5, 5.41) is 9.72. The number of hydrogen-bond acceptors (Lipinski definition) is 1. The second-order valence-electron chi connectivity index (χ2n) is 4.16. The molecule has 0 aliphatic carbocycles. The van der Waals surface area contributed by atoms with E-state index < -0.39 is 0 Å². The van der Waals surface area contributed by atoms with Crippen LogP contribution in [0.1, 0.15) is 38.2 Å². The van der Waals surface area contributed by atoms with E-state index in [1.54, 1.807) is 0 Å². The van der Waals surface area contributed by atoms with Crippen LogP contribution in [0.3, 0.4) is 0 Å². The quantitative estimate of drug-likeness (QED) is 0.546. The SMILES string of the molecule is CCCC/C=C\C(O)CCc1ccccc1. The van der Waals surface area contributed by atoms with Crippen molar-refractivity contribution in [3.63, 3.8) is 0 Å². The van der Waals surface area contributed by atoms with Gasteiger partial charge in [-0.2, -0.15) is 0 Å². The van der Waals surface area contributed by atoms with Crippen molar-refractivity contribution in [3.05, 3.63) is 48.0 Å². The van der Waals surface area contributed by atoms with Crippen molar-refractivity contribution < 1.29 is 5.11 Å². The van der Waals surface area contributed by atoms with Gasteiger partial charge in [0.05, 0.1) is 6.10 Å². The van der Waals surface area contributed by atoms with Gasteiger partial charge in [-0.3, -0.25) is 0 Å². The van der Waals surface area contributed by atoms with E-state index in [2.05, 4.69) is 25.1 Å². The molecule has 1 unspecified atom stereocenters. The molecule has 0 bridgehead atoms. The second kappa shape index (κ2) is 8.12. The van der Waals surface area contributed by atoms with Crippen molar-refractivity contribution in [1.82, 2.24) is 0 Å². The number of allylic oxidation sites excluding steroid dienone is 1. The molecule has 0 spiro atoms. The molecule has 1 rings (SSSR count). The maximum atomic E-state index is 9.72. The van der Waals surface area contributed by atoms with E-state index in [0.717, 1.165) is 19.3 Å². The molecule has 0 aliphatic heterocycles. The van der Waals surface area contributed by atoms with Crippen LogP contribution in [0.2, 0.25) is 0 Å². The minimum atomic E-state index is -0.294. The summed E-state index contributed by atoms with van der Waals surface area (Å²) in [4.78, 5) is 0. The molecule has 1 nitrogen and oxygen atoms in total. The highest BCUT2D eigenvalue weighted by Gasteiger charge is 1.99. The molecule has 1 aromatic carbocycles. The van der Waals surface area contributed by atoms with Crippen LogP contribution in [0.4, 0.5) is 0 Å². The van der Waals surface area contributed by atoms with Gasteiger partial charge >= 0.3 is 0 Å². The lowest BCUT2D eigenvalue weighted by atomic mass is 10.1. The Hall–Kier alpha value is -1.08. The Kier molecular flexibility index (Phi) is 6.59. The van der Waals surface area contributed by atoms with Gasteiger partial charge in [-0.05, 0) is 24.8 Å². The number of aliphatic hydroxyl groups is 1. The lowest BCUT2D eigenvalue weighted by Crippen LogP contribution is -2.03. The number of hydrogen-bond donors (Lipinski definition) is 1. The smallest absolute Gasteiger partial charge is 0.0724 e. The summed E-state index contributed by atoms with van der Waals surface area (Å²) in [5.74, 6) is 0. The first-order valence-electron chi connectivity index (χ1n) is 6.21. The van der Waals surface area contributed by atoms with Gasteiger partial charge in [0.25, 0.3) is 0 Å². The molecule has 0 heterocycles. The molecule has 0 radical (unpaired) electrons. The summed E-state index contributed by atoms with van der Waals surface area (Å²) in [6, 6.07) is 10.3. The Balaban J connectivity index is 2.20. The van der Waals surface area contributed by atoms with E-state index in [0.29, 0.717) is 0 Å². The van der Waals surface area contributed by atoms with Crippen molar-refractivity contribution >= 4 is 0 Å². The number of aryl methyl sites for hydroxylation is 1. The highest BCUT2D eigenvalue weighted by atomic mass is 16.3. The Morgan fingerprint density at radius 1 is 1.25 bits per heavy atom. The molecule has 0 aliphatic rings. The molecular weight excluding hydrogens is 196 g/mol. The van der Waals surface area contributed by atoms with Crippen LogP contribution in [0.15, 0.2) is 42.5 Å². The van der Waals surface area contributed by atoms with Gasteiger partial charge in [-0.1, -0.05) is 62.2 Å². The zero-order chi connectivity index (χ0) is 11.6. The first-order chi connectivity index (χ1) is 7.83. The fourth-order valence-electron chi connectivity index (χ4n) is 1.63. The van der Waals surface area contributed by atoms with E-state index in [1.165, 1.54) is 18.4 Å². The fraction of sp³-hybridized carbons (Fsp3) is 0.467. The monoisotopic (exact) mass is 218 g/mol. The summed E-state index contributed by atoms with van der Waals surface area (Å²) in [6.07, 6.45) is 8.99. The second-order valence-corrected chi connectivity index (χ2v) is 4.16. The van der Waals surface area contributed by atoms with E-state index in [4.69, 9.17) is 0 Å². The fourth-order valence-corrected chi connectivity index (χ4v) is 1.63. The standard InChI is InChI=1S/C15H22O/c1-2-3-4-8-11-15(16)13-12-14-9-6-5-7-10-14/h5-11,15-16H,2-4,12-13H2,1H3/b11-8-. The number of rotatable bonds is 7. The minimum absolute atomic E-state index is 0.294. The molecule has 1 atom stereocenters. The van der Waals surface area contributed by atoms with Crippen LogP contribution < -0.4 is 0 Å². The third-order valence-electron chi connectivity index (χ3n) is 2.65. The van der Waals surface area contributed by atoms with Crippen LogP contribution in [0.25, 0.3) is 0 Å². The third-order valence-corrected chi connectivity index (χ3v) is 2.65. The van der Waals surface area contributed by atoms with Crippen LogP contribution >= 0.6 is 0 Å². The van der Waals surface area contributed by atoms with Crippen molar-refractivity contribution in [1.29, 1.82) is 0 Å². The molecule has 0 saturated heterocycles. The minimum Gasteiger partial charge on any atom is -0.389 e. The van der Waals surface area contributed by atoms with E-state index in [9.17, 15) is 5.11 Å². The first kappa shape index (κ1) is 13.0. The molecule has 0 fully saturated rings. The normalized spacial score (nSPS) is 13.1. The number of unbranched alkanes of at least 4 members (excludes halogenated alkanes) is 2. The molecule has 1 heteroatoms. The Bertz CT molecular complexity index is 290. The molecule has 1 aromatic rings. The number of benzene rings is 1. The highest BCUT2D eigenvalue weighted by molar-refractivity contribution is 5.14. The van der Waals surface area contributed by atoms with Crippen molar-refractivity contribution in [2.24, 2.45) is 0 Å². The number of aliphatic hydroxyl groups excluding tert-OH is 1. The van der Waals surface area contributed by atoms with Gasteiger partial charge in [0.15, 0.2) is 0 Å². The molecule has 0 saturated carbocycles. The van der Waals surface area contributed by atoms with Crippen molar-refractivity contribution in [2.75, 3.05) is 0 Å². The van der Waals surface area contributed by atoms with E-state index >= 15 is 0 Å². The van der Waals surface area contributed by atoms with Gasteiger partial charge in [-0.25, -0.2) is 0 Å². The molecular formula is C15H22O. The van der Waals surface area contributed by atoms with Crippen LogP contribution in [-0.2, 0) is 6.42 Å². The van der Waals surface area contributed by atoms with Gasteiger partial charge in [-0.15, -0.1) is 0 Å². The maximum absolute atomic E-state index is 9.72. The van der Waals surface area contributed by atoms with Gasteiger partial charge < -0.3 is 5.11 Å². The summed E-state index contributed by atoms with van der Waals surface area (Å²) in [5.41, 5.74) is 1.29. The van der Waals surface area contributed by atoms with E-state index in [1.807, 2.05) is 24.3 Å². The Labute approximate surface area is 98.8 Å². The molecule has 1 N–H and O–H groups in total.